The van der Waals surface area contributed by atoms with Gasteiger partial charge in [0.1, 0.15) is 17.0 Å². The first-order valence-electron chi connectivity index (χ1n) is 8.55. The van der Waals surface area contributed by atoms with Gasteiger partial charge >= 0.3 is 0 Å². The quantitative estimate of drug-likeness (QED) is 0.741. The van der Waals surface area contributed by atoms with Crippen LogP contribution in [0.1, 0.15) is 22.8 Å². The van der Waals surface area contributed by atoms with Crippen LogP contribution in [0.3, 0.4) is 0 Å². The second kappa shape index (κ2) is 6.72. The number of carbonyl (C=O) groups excluding carboxylic acids is 1. The molecule has 2 aromatic heterocycles. The molecule has 1 fully saturated rings. The number of aryl methyl sites for hydroxylation is 1. The van der Waals surface area contributed by atoms with Crippen molar-refractivity contribution in [2.75, 3.05) is 30.4 Å². The number of fused-ring (bicyclic) bond motifs is 1. The van der Waals surface area contributed by atoms with E-state index in [1.807, 2.05) is 13.1 Å². The zero-order valence-corrected chi connectivity index (χ0v) is 14.7. The highest BCUT2D eigenvalue weighted by Crippen LogP contribution is 2.21. The maximum Gasteiger partial charge on any atom is 0.275 e. The summed E-state index contributed by atoms with van der Waals surface area (Å²) in [6, 6.07) is 5.81. The van der Waals surface area contributed by atoms with E-state index in [1.54, 1.807) is 25.3 Å². The van der Waals surface area contributed by atoms with Crippen molar-refractivity contribution in [2.45, 2.75) is 19.4 Å². The molecule has 134 valence electrons. The van der Waals surface area contributed by atoms with Crippen molar-refractivity contribution in [2.24, 2.45) is 0 Å². The van der Waals surface area contributed by atoms with Crippen molar-refractivity contribution >= 4 is 28.5 Å². The van der Waals surface area contributed by atoms with E-state index in [2.05, 4.69) is 30.5 Å². The summed E-state index contributed by atoms with van der Waals surface area (Å²) < 4.78 is 5.49. The van der Waals surface area contributed by atoms with Crippen LogP contribution >= 0.6 is 0 Å². The van der Waals surface area contributed by atoms with Crippen molar-refractivity contribution in [1.82, 2.24) is 20.3 Å². The minimum Gasteiger partial charge on any atom is -0.441 e. The van der Waals surface area contributed by atoms with Crippen molar-refractivity contribution in [1.29, 1.82) is 0 Å². The summed E-state index contributed by atoms with van der Waals surface area (Å²) in [5, 5.41) is 6.08. The number of anilines is 2. The van der Waals surface area contributed by atoms with E-state index in [4.69, 9.17) is 4.42 Å². The maximum absolute atomic E-state index is 12.4. The normalized spacial score (nSPS) is 17.0. The van der Waals surface area contributed by atoms with Crippen LogP contribution in [-0.2, 0) is 0 Å². The van der Waals surface area contributed by atoms with Crippen molar-refractivity contribution < 1.29 is 9.21 Å². The Balaban J connectivity index is 1.45. The number of amides is 1. The molecule has 1 aliphatic rings. The van der Waals surface area contributed by atoms with Gasteiger partial charge in [-0.1, -0.05) is 0 Å². The number of rotatable bonds is 4. The van der Waals surface area contributed by atoms with E-state index in [1.165, 1.54) is 6.20 Å². The Morgan fingerprint density at radius 1 is 1.31 bits per heavy atom. The molecule has 4 rings (SSSR count). The number of hydrogen-bond donors (Lipinski definition) is 2. The molecule has 0 bridgehead atoms. The fourth-order valence-electron chi connectivity index (χ4n) is 3.12. The topological polar surface area (TPSA) is 96.2 Å². The minimum absolute atomic E-state index is 0.270. The summed E-state index contributed by atoms with van der Waals surface area (Å²) in [4.78, 5) is 27.5. The number of likely N-dealkylation sites (N-methyl/N-ethyl adjacent to an activating group) is 1. The predicted molar refractivity (Wildman–Crippen MR) is 98.4 cm³/mol. The monoisotopic (exact) mass is 352 g/mol. The Labute approximate surface area is 150 Å². The third kappa shape index (κ3) is 3.23. The molecule has 2 N–H and O–H groups in total. The molecule has 0 saturated carbocycles. The summed E-state index contributed by atoms with van der Waals surface area (Å²) in [6.45, 7) is 3.62. The van der Waals surface area contributed by atoms with Gasteiger partial charge in [0.25, 0.3) is 5.91 Å². The number of aromatic nitrogens is 3. The van der Waals surface area contributed by atoms with Crippen LogP contribution in [0.2, 0.25) is 0 Å². The Kier molecular flexibility index (Phi) is 4.26. The van der Waals surface area contributed by atoms with Gasteiger partial charge in [0.05, 0.1) is 12.4 Å². The minimum atomic E-state index is -0.311. The number of carbonyl (C=O) groups is 1. The zero-order chi connectivity index (χ0) is 18.1. The fourth-order valence-corrected chi connectivity index (χ4v) is 3.12. The molecule has 0 radical (unpaired) electrons. The lowest BCUT2D eigenvalue weighted by Gasteiger charge is -2.16. The molecule has 3 aromatic rings. The van der Waals surface area contributed by atoms with Gasteiger partial charge < -0.3 is 20.0 Å². The number of hydrogen-bond acceptors (Lipinski definition) is 7. The molecule has 1 aliphatic heterocycles. The smallest absolute Gasteiger partial charge is 0.275 e. The predicted octanol–water partition coefficient (Wildman–Crippen LogP) is 1.98. The van der Waals surface area contributed by atoms with Crippen LogP contribution < -0.4 is 15.5 Å². The molecule has 1 saturated heterocycles. The van der Waals surface area contributed by atoms with E-state index in [0.29, 0.717) is 23.2 Å². The molecule has 0 aliphatic carbocycles. The SMILES string of the molecule is CNC1CCN(c2cnc(C(=O)Nc3ccc4nc(C)oc4c3)cn2)C1. The third-order valence-electron chi connectivity index (χ3n) is 4.54. The average Bonchev–Trinajstić information content (AvgIpc) is 3.27. The standard InChI is InChI=1S/C18H20N6O2/c1-11-22-14-4-3-12(7-16(14)26-11)23-18(25)15-8-21-17(9-20-15)24-6-5-13(10-24)19-2/h3-4,7-9,13,19H,5-6,10H2,1-2H3,(H,23,25). The van der Waals surface area contributed by atoms with Crippen LogP contribution in [0.4, 0.5) is 11.5 Å². The molecular weight excluding hydrogens is 332 g/mol. The summed E-state index contributed by atoms with van der Waals surface area (Å²) in [5.74, 6) is 1.07. The average molecular weight is 352 g/mol. The summed E-state index contributed by atoms with van der Waals surface area (Å²) in [7, 11) is 1.96. The first kappa shape index (κ1) is 16.5. The highest BCUT2D eigenvalue weighted by atomic mass is 16.3. The lowest BCUT2D eigenvalue weighted by atomic mass is 10.3. The molecule has 26 heavy (non-hydrogen) atoms. The fraction of sp³-hybridized carbons (Fsp3) is 0.333. The van der Waals surface area contributed by atoms with Crippen LogP contribution in [0.25, 0.3) is 11.1 Å². The molecule has 3 heterocycles. The molecule has 8 heteroatoms. The van der Waals surface area contributed by atoms with Gasteiger partial charge in [-0.3, -0.25) is 4.79 Å². The zero-order valence-electron chi connectivity index (χ0n) is 14.7. The largest absolute Gasteiger partial charge is 0.441 e. The van der Waals surface area contributed by atoms with Crippen LogP contribution in [0.15, 0.2) is 35.0 Å². The van der Waals surface area contributed by atoms with Gasteiger partial charge in [-0.2, -0.15) is 0 Å². The first-order valence-corrected chi connectivity index (χ1v) is 8.55. The Morgan fingerprint density at radius 2 is 2.19 bits per heavy atom. The van der Waals surface area contributed by atoms with E-state index in [9.17, 15) is 4.79 Å². The van der Waals surface area contributed by atoms with Crippen molar-refractivity contribution in [3.63, 3.8) is 0 Å². The molecule has 1 amide bonds. The second-order valence-corrected chi connectivity index (χ2v) is 6.35. The van der Waals surface area contributed by atoms with Crippen LogP contribution in [0.5, 0.6) is 0 Å². The van der Waals surface area contributed by atoms with Crippen molar-refractivity contribution in [3.05, 3.63) is 42.2 Å². The van der Waals surface area contributed by atoms with Gasteiger partial charge in [-0.25, -0.2) is 15.0 Å². The van der Waals surface area contributed by atoms with E-state index < -0.39 is 0 Å². The van der Waals surface area contributed by atoms with Crippen LogP contribution in [0, 0.1) is 6.92 Å². The number of benzene rings is 1. The van der Waals surface area contributed by atoms with E-state index in [0.717, 1.165) is 30.8 Å². The lowest BCUT2D eigenvalue weighted by molar-refractivity contribution is 0.102. The van der Waals surface area contributed by atoms with Gasteiger partial charge in [-0.05, 0) is 25.6 Å². The van der Waals surface area contributed by atoms with Crippen molar-refractivity contribution in [3.8, 4) is 0 Å². The summed E-state index contributed by atoms with van der Waals surface area (Å²) in [5.41, 5.74) is 2.29. The third-order valence-corrected chi connectivity index (χ3v) is 4.54. The number of nitrogens with one attached hydrogen (secondary N) is 2. The molecule has 0 spiro atoms. The van der Waals surface area contributed by atoms with Gasteiger partial charge in [-0.15, -0.1) is 0 Å². The Morgan fingerprint density at radius 3 is 2.92 bits per heavy atom. The highest BCUT2D eigenvalue weighted by Gasteiger charge is 2.22. The summed E-state index contributed by atoms with van der Waals surface area (Å²) in [6.07, 6.45) is 4.23. The first-order chi connectivity index (χ1) is 12.6. The summed E-state index contributed by atoms with van der Waals surface area (Å²) >= 11 is 0. The Hall–Kier alpha value is -3.00. The second-order valence-electron chi connectivity index (χ2n) is 6.35. The Bertz CT molecular complexity index is 937. The van der Waals surface area contributed by atoms with E-state index in [-0.39, 0.29) is 11.6 Å². The molecule has 8 nitrogen and oxygen atoms in total. The lowest BCUT2D eigenvalue weighted by Crippen LogP contribution is -2.30. The molecule has 1 atom stereocenters. The van der Waals surface area contributed by atoms with Crippen LogP contribution in [-0.4, -0.2) is 47.0 Å². The van der Waals surface area contributed by atoms with E-state index >= 15 is 0 Å². The molecule has 1 aromatic carbocycles. The maximum atomic E-state index is 12.4. The molecular formula is C18H20N6O2. The molecule has 1 unspecified atom stereocenters. The van der Waals surface area contributed by atoms with Gasteiger partial charge in [0, 0.05) is 37.8 Å². The number of nitrogens with zero attached hydrogens (tertiary/aromatic N) is 4. The number of oxazole rings is 1. The highest BCUT2D eigenvalue weighted by molar-refractivity contribution is 6.03. The van der Waals surface area contributed by atoms with Gasteiger partial charge in [0.15, 0.2) is 11.5 Å². The van der Waals surface area contributed by atoms with Gasteiger partial charge in [0.2, 0.25) is 0 Å².